The van der Waals surface area contributed by atoms with Crippen LogP contribution >= 0.6 is 0 Å². The standard InChI is InChI=1S/C18H16N2O4/c1-10-13-9-11(23-2)7-8-15(13)24-16(10)18(22)20-14-6-4-3-5-12(14)17(19)21/h3-9H,1-2H3,(H2,19,21)(H,20,22). The van der Waals surface area contributed by atoms with Crippen molar-refractivity contribution in [2.45, 2.75) is 6.92 Å². The van der Waals surface area contributed by atoms with Crippen molar-refractivity contribution in [3.8, 4) is 5.75 Å². The second-order valence-electron chi connectivity index (χ2n) is 5.28. The van der Waals surface area contributed by atoms with Crippen molar-refractivity contribution >= 4 is 28.5 Å². The number of hydrogen-bond acceptors (Lipinski definition) is 4. The predicted octanol–water partition coefficient (Wildman–Crippen LogP) is 3.10. The molecule has 24 heavy (non-hydrogen) atoms. The van der Waals surface area contributed by atoms with Crippen LogP contribution in [0.4, 0.5) is 5.69 Å². The molecule has 2 amide bonds. The van der Waals surface area contributed by atoms with Crippen LogP contribution in [-0.4, -0.2) is 18.9 Å². The molecule has 0 radical (unpaired) electrons. The normalized spacial score (nSPS) is 10.6. The Kier molecular flexibility index (Phi) is 3.95. The first kappa shape index (κ1) is 15.6. The average molecular weight is 324 g/mol. The number of benzene rings is 2. The summed E-state index contributed by atoms with van der Waals surface area (Å²) < 4.78 is 10.8. The summed E-state index contributed by atoms with van der Waals surface area (Å²) in [6, 6.07) is 11.9. The van der Waals surface area contributed by atoms with Gasteiger partial charge in [-0.1, -0.05) is 12.1 Å². The Bertz CT molecular complexity index is 943. The van der Waals surface area contributed by atoms with E-state index in [9.17, 15) is 9.59 Å². The number of furan rings is 1. The molecular formula is C18H16N2O4. The highest BCUT2D eigenvalue weighted by Gasteiger charge is 2.19. The fraction of sp³-hybridized carbons (Fsp3) is 0.111. The second kappa shape index (κ2) is 6.08. The quantitative estimate of drug-likeness (QED) is 0.771. The summed E-state index contributed by atoms with van der Waals surface area (Å²) in [4.78, 5) is 24.0. The molecule has 0 saturated heterocycles. The number of carbonyl (C=O) groups excluding carboxylic acids is 2. The third kappa shape index (κ3) is 2.69. The van der Waals surface area contributed by atoms with E-state index < -0.39 is 11.8 Å². The molecule has 0 aliphatic rings. The van der Waals surface area contributed by atoms with Crippen LogP contribution in [0.2, 0.25) is 0 Å². The number of carbonyl (C=O) groups is 2. The Hall–Kier alpha value is -3.28. The fourth-order valence-electron chi connectivity index (χ4n) is 2.53. The lowest BCUT2D eigenvalue weighted by Gasteiger charge is -2.07. The average Bonchev–Trinajstić information content (AvgIpc) is 2.91. The van der Waals surface area contributed by atoms with E-state index in [0.717, 1.165) is 5.39 Å². The zero-order valence-corrected chi connectivity index (χ0v) is 13.3. The number of para-hydroxylation sites is 1. The lowest BCUT2D eigenvalue weighted by atomic mass is 10.1. The van der Waals surface area contributed by atoms with Crippen molar-refractivity contribution in [2.24, 2.45) is 5.73 Å². The van der Waals surface area contributed by atoms with E-state index in [4.69, 9.17) is 14.9 Å². The Morgan fingerprint density at radius 3 is 2.62 bits per heavy atom. The lowest BCUT2D eigenvalue weighted by Crippen LogP contribution is -2.18. The number of primary amides is 1. The SMILES string of the molecule is COc1ccc2oc(C(=O)Nc3ccccc3C(N)=O)c(C)c2c1. The Labute approximate surface area is 138 Å². The van der Waals surface area contributed by atoms with Crippen molar-refractivity contribution in [1.82, 2.24) is 0 Å². The minimum absolute atomic E-state index is 0.178. The maximum Gasteiger partial charge on any atom is 0.291 e. The summed E-state index contributed by atoms with van der Waals surface area (Å²) in [6.45, 7) is 1.79. The molecule has 0 bridgehead atoms. The summed E-state index contributed by atoms with van der Waals surface area (Å²) >= 11 is 0. The molecule has 3 aromatic rings. The van der Waals surface area contributed by atoms with Gasteiger partial charge in [0.2, 0.25) is 0 Å². The monoisotopic (exact) mass is 324 g/mol. The van der Waals surface area contributed by atoms with E-state index >= 15 is 0 Å². The highest BCUT2D eigenvalue weighted by atomic mass is 16.5. The maximum atomic E-state index is 12.5. The van der Waals surface area contributed by atoms with Crippen molar-refractivity contribution in [1.29, 1.82) is 0 Å². The summed E-state index contributed by atoms with van der Waals surface area (Å²) in [6.07, 6.45) is 0. The first-order chi connectivity index (χ1) is 11.5. The minimum atomic E-state index is -0.614. The number of ether oxygens (including phenoxy) is 1. The molecule has 1 heterocycles. The number of hydrogen-bond donors (Lipinski definition) is 2. The molecule has 1 aromatic heterocycles. The molecule has 0 atom stereocenters. The molecule has 6 nitrogen and oxygen atoms in total. The number of amides is 2. The summed E-state index contributed by atoms with van der Waals surface area (Å²) in [5.74, 6) is -0.205. The van der Waals surface area contributed by atoms with Crippen LogP contribution in [0.3, 0.4) is 0 Å². The van der Waals surface area contributed by atoms with Gasteiger partial charge in [-0.3, -0.25) is 9.59 Å². The van der Waals surface area contributed by atoms with Gasteiger partial charge in [0.1, 0.15) is 11.3 Å². The van der Waals surface area contributed by atoms with Crippen molar-refractivity contribution < 1.29 is 18.7 Å². The number of nitrogens with two attached hydrogens (primary N) is 1. The van der Waals surface area contributed by atoms with Crippen LogP contribution in [0.25, 0.3) is 11.0 Å². The molecule has 3 N–H and O–H groups in total. The van der Waals surface area contributed by atoms with Crippen LogP contribution in [0.15, 0.2) is 46.9 Å². The van der Waals surface area contributed by atoms with Gasteiger partial charge < -0.3 is 20.2 Å². The van der Waals surface area contributed by atoms with E-state index in [0.29, 0.717) is 22.6 Å². The zero-order valence-electron chi connectivity index (χ0n) is 13.3. The van der Waals surface area contributed by atoms with Crippen molar-refractivity contribution in [3.63, 3.8) is 0 Å². The van der Waals surface area contributed by atoms with Crippen molar-refractivity contribution in [2.75, 3.05) is 12.4 Å². The van der Waals surface area contributed by atoms with Crippen LogP contribution in [0, 0.1) is 6.92 Å². The summed E-state index contributed by atoms with van der Waals surface area (Å²) in [7, 11) is 1.57. The Morgan fingerprint density at radius 1 is 1.17 bits per heavy atom. The predicted molar refractivity (Wildman–Crippen MR) is 90.4 cm³/mol. The van der Waals surface area contributed by atoms with Gasteiger partial charge >= 0.3 is 0 Å². The molecule has 0 spiro atoms. The molecule has 2 aromatic carbocycles. The number of fused-ring (bicyclic) bond motifs is 1. The molecule has 6 heteroatoms. The Balaban J connectivity index is 1.98. The van der Waals surface area contributed by atoms with Gasteiger partial charge in [0.15, 0.2) is 5.76 Å². The third-order valence-corrected chi connectivity index (χ3v) is 3.79. The highest BCUT2D eigenvalue weighted by Crippen LogP contribution is 2.29. The first-order valence-electron chi connectivity index (χ1n) is 7.28. The molecule has 122 valence electrons. The molecule has 0 saturated carbocycles. The minimum Gasteiger partial charge on any atom is -0.497 e. The number of methoxy groups -OCH3 is 1. The van der Waals surface area contributed by atoms with Crippen LogP contribution in [-0.2, 0) is 0 Å². The van der Waals surface area contributed by atoms with Crippen LogP contribution < -0.4 is 15.8 Å². The van der Waals surface area contributed by atoms with Gasteiger partial charge in [0, 0.05) is 10.9 Å². The van der Waals surface area contributed by atoms with Gasteiger partial charge in [-0.2, -0.15) is 0 Å². The molecule has 0 fully saturated rings. The van der Waals surface area contributed by atoms with Crippen LogP contribution in [0.1, 0.15) is 26.5 Å². The van der Waals surface area contributed by atoms with Gasteiger partial charge in [0.25, 0.3) is 11.8 Å². The van der Waals surface area contributed by atoms with Gasteiger partial charge in [0.05, 0.1) is 18.4 Å². The third-order valence-electron chi connectivity index (χ3n) is 3.79. The Morgan fingerprint density at radius 2 is 1.92 bits per heavy atom. The van der Waals surface area contributed by atoms with E-state index in [2.05, 4.69) is 5.32 Å². The van der Waals surface area contributed by atoms with Gasteiger partial charge in [-0.05, 0) is 37.3 Å². The number of rotatable bonds is 4. The number of nitrogens with one attached hydrogen (secondary N) is 1. The largest absolute Gasteiger partial charge is 0.497 e. The second-order valence-corrected chi connectivity index (χ2v) is 5.28. The van der Waals surface area contributed by atoms with Crippen molar-refractivity contribution in [3.05, 3.63) is 59.4 Å². The molecular weight excluding hydrogens is 308 g/mol. The molecule has 0 aliphatic heterocycles. The molecule has 0 aliphatic carbocycles. The maximum absolute atomic E-state index is 12.5. The van der Waals surface area contributed by atoms with E-state index in [1.165, 1.54) is 0 Å². The smallest absolute Gasteiger partial charge is 0.291 e. The molecule has 3 rings (SSSR count). The highest BCUT2D eigenvalue weighted by molar-refractivity contribution is 6.09. The topological polar surface area (TPSA) is 94.6 Å². The van der Waals surface area contributed by atoms with E-state index in [1.54, 1.807) is 50.4 Å². The van der Waals surface area contributed by atoms with E-state index in [1.807, 2.05) is 6.07 Å². The lowest BCUT2D eigenvalue weighted by molar-refractivity contribution is 0.0998. The fourth-order valence-corrected chi connectivity index (χ4v) is 2.53. The number of anilines is 1. The summed E-state index contributed by atoms with van der Waals surface area (Å²) in [5, 5.41) is 3.47. The van der Waals surface area contributed by atoms with Gasteiger partial charge in [-0.15, -0.1) is 0 Å². The van der Waals surface area contributed by atoms with Crippen LogP contribution in [0.5, 0.6) is 5.75 Å². The first-order valence-corrected chi connectivity index (χ1v) is 7.28. The van der Waals surface area contributed by atoms with E-state index in [-0.39, 0.29) is 11.3 Å². The molecule has 0 unspecified atom stereocenters. The summed E-state index contributed by atoms with van der Waals surface area (Å²) in [5.41, 5.74) is 7.18. The van der Waals surface area contributed by atoms with Gasteiger partial charge in [-0.25, -0.2) is 0 Å². The zero-order chi connectivity index (χ0) is 17.3. The number of aryl methyl sites for hydroxylation is 1.